The molecule has 0 fully saturated rings. The molecule has 1 aromatic heterocycles. The summed E-state index contributed by atoms with van der Waals surface area (Å²) in [5, 5.41) is 6.60. The molecule has 0 atom stereocenters. The molecule has 0 aliphatic rings. The van der Waals surface area contributed by atoms with E-state index in [-0.39, 0.29) is 0 Å². The van der Waals surface area contributed by atoms with Crippen LogP contribution in [0, 0.1) is 0 Å². The van der Waals surface area contributed by atoms with Crippen molar-refractivity contribution in [1.82, 2.24) is 0 Å². The SMILES string of the molecule is CNc1cccc2sccc12. The maximum atomic E-state index is 3.16. The predicted octanol–water partition coefficient (Wildman–Crippen LogP) is 2.94. The fraction of sp³-hybridized carbons (Fsp3) is 0.111. The zero-order chi connectivity index (χ0) is 7.68. The van der Waals surface area contributed by atoms with Crippen LogP contribution >= 0.6 is 11.3 Å². The van der Waals surface area contributed by atoms with Crippen molar-refractivity contribution in [3.05, 3.63) is 29.6 Å². The lowest BCUT2D eigenvalue weighted by molar-refractivity contribution is 1.55. The number of hydrogen-bond donors (Lipinski definition) is 1. The van der Waals surface area contributed by atoms with E-state index in [1.807, 2.05) is 7.05 Å². The first kappa shape index (κ1) is 6.68. The maximum Gasteiger partial charge on any atom is 0.0425 e. The average molecular weight is 163 g/mol. The second-order valence-electron chi connectivity index (χ2n) is 2.39. The van der Waals surface area contributed by atoms with Crippen molar-refractivity contribution in [3.63, 3.8) is 0 Å². The van der Waals surface area contributed by atoms with Gasteiger partial charge in [-0.05, 0) is 23.6 Å². The molecule has 0 saturated carbocycles. The van der Waals surface area contributed by atoms with E-state index in [4.69, 9.17) is 0 Å². The molecular weight excluding hydrogens is 154 g/mol. The highest BCUT2D eigenvalue weighted by molar-refractivity contribution is 7.17. The molecule has 0 saturated heterocycles. The molecule has 0 aliphatic carbocycles. The maximum absolute atomic E-state index is 3.16. The third kappa shape index (κ3) is 0.994. The Morgan fingerprint density at radius 3 is 3.00 bits per heavy atom. The van der Waals surface area contributed by atoms with Crippen LogP contribution in [0.25, 0.3) is 10.1 Å². The van der Waals surface area contributed by atoms with E-state index in [2.05, 4.69) is 35.0 Å². The molecular formula is C9H9NS. The summed E-state index contributed by atoms with van der Waals surface area (Å²) >= 11 is 1.78. The first-order chi connectivity index (χ1) is 5.42. The average Bonchev–Trinajstić information content (AvgIpc) is 2.50. The van der Waals surface area contributed by atoms with Gasteiger partial charge < -0.3 is 5.32 Å². The number of benzene rings is 1. The lowest BCUT2D eigenvalue weighted by Gasteiger charge is -1.99. The third-order valence-corrected chi connectivity index (χ3v) is 2.65. The van der Waals surface area contributed by atoms with Crippen molar-refractivity contribution in [2.75, 3.05) is 12.4 Å². The summed E-state index contributed by atoms with van der Waals surface area (Å²) in [5.74, 6) is 0. The second-order valence-corrected chi connectivity index (χ2v) is 3.34. The molecule has 1 N–H and O–H groups in total. The number of rotatable bonds is 1. The lowest BCUT2D eigenvalue weighted by Crippen LogP contribution is -1.86. The van der Waals surface area contributed by atoms with Crippen LogP contribution in [0.5, 0.6) is 0 Å². The predicted molar refractivity (Wildman–Crippen MR) is 51.4 cm³/mol. The lowest BCUT2D eigenvalue weighted by atomic mass is 10.2. The second kappa shape index (κ2) is 2.55. The van der Waals surface area contributed by atoms with Gasteiger partial charge in [0.2, 0.25) is 0 Å². The first-order valence-corrected chi connectivity index (χ1v) is 4.44. The van der Waals surface area contributed by atoms with Gasteiger partial charge in [-0.2, -0.15) is 0 Å². The number of fused-ring (bicyclic) bond motifs is 1. The van der Waals surface area contributed by atoms with Crippen LogP contribution in [0.4, 0.5) is 5.69 Å². The van der Waals surface area contributed by atoms with Gasteiger partial charge in [-0.25, -0.2) is 0 Å². The van der Waals surface area contributed by atoms with E-state index in [0.717, 1.165) is 0 Å². The molecule has 2 rings (SSSR count). The highest BCUT2D eigenvalue weighted by Crippen LogP contribution is 2.26. The minimum atomic E-state index is 1.21. The van der Waals surface area contributed by atoms with Gasteiger partial charge in [0.1, 0.15) is 0 Å². The van der Waals surface area contributed by atoms with E-state index >= 15 is 0 Å². The summed E-state index contributed by atoms with van der Waals surface area (Å²) in [5.41, 5.74) is 1.21. The van der Waals surface area contributed by atoms with E-state index in [1.165, 1.54) is 15.8 Å². The Morgan fingerprint density at radius 2 is 2.18 bits per heavy atom. The van der Waals surface area contributed by atoms with Crippen LogP contribution in [-0.2, 0) is 0 Å². The van der Waals surface area contributed by atoms with Gasteiger partial charge in [0, 0.05) is 22.8 Å². The molecule has 11 heavy (non-hydrogen) atoms. The Balaban J connectivity index is 2.79. The smallest absolute Gasteiger partial charge is 0.0425 e. The molecule has 0 radical (unpaired) electrons. The highest BCUT2D eigenvalue weighted by atomic mass is 32.1. The first-order valence-electron chi connectivity index (χ1n) is 3.56. The van der Waals surface area contributed by atoms with E-state index < -0.39 is 0 Å². The van der Waals surface area contributed by atoms with Crippen molar-refractivity contribution < 1.29 is 0 Å². The quantitative estimate of drug-likeness (QED) is 0.681. The number of hydrogen-bond acceptors (Lipinski definition) is 2. The van der Waals surface area contributed by atoms with Crippen LogP contribution < -0.4 is 5.32 Å². The molecule has 0 aliphatic heterocycles. The van der Waals surface area contributed by atoms with Crippen molar-refractivity contribution in [3.8, 4) is 0 Å². The molecule has 2 aromatic rings. The van der Waals surface area contributed by atoms with Crippen LogP contribution in [0.2, 0.25) is 0 Å². The fourth-order valence-corrected chi connectivity index (χ4v) is 2.02. The Morgan fingerprint density at radius 1 is 1.27 bits per heavy atom. The number of thiophene rings is 1. The van der Waals surface area contributed by atoms with E-state index in [9.17, 15) is 0 Å². The van der Waals surface area contributed by atoms with Gasteiger partial charge in [-0.1, -0.05) is 6.07 Å². The van der Waals surface area contributed by atoms with Crippen molar-refractivity contribution in [1.29, 1.82) is 0 Å². The van der Waals surface area contributed by atoms with Gasteiger partial charge in [0.25, 0.3) is 0 Å². The minimum Gasteiger partial charge on any atom is -0.388 e. The molecule has 1 heterocycles. The Bertz CT molecular complexity index is 364. The van der Waals surface area contributed by atoms with Crippen LogP contribution in [0.1, 0.15) is 0 Å². The number of nitrogens with one attached hydrogen (secondary N) is 1. The van der Waals surface area contributed by atoms with Crippen molar-refractivity contribution in [2.24, 2.45) is 0 Å². The molecule has 1 aromatic carbocycles. The summed E-state index contributed by atoms with van der Waals surface area (Å²) in [7, 11) is 1.95. The summed E-state index contributed by atoms with van der Waals surface area (Å²) in [6, 6.07) is 8.45. The van der Waals surface area contributed by atoms with Crippen molar-refractivity contribution in [2.45, 2.75) is 0 Å². The standard InChI is InChI=1S/C9H9NS/c1-10-8-3-2-4-9-7(8)5-6-11-9/h2-6,10H,1H3. The Labute approximate surface area is 69.7 Å². The van der Waals surface area contributed by atoms with E-state index in [1.54, 1.807) is 11.3 Å². The summed E-state index contributed by atoms with van der Waals surface area (Å²) in [4.78, 5) is 0. The molecule has 56 valence electrons. The molecule has 0 spiro atoms. The highest BCUT2D eigenvalue weighted by Gasteiger charge is 1.97. The largest absolute Gasteiger partial charge is 0.388 e. The Hall–Kier alpha value is -1.02. The zero-order valence-corrected chi connectivity index (χ0v) is 7.11. The zero-order valence-electron chi connectivity index (χ0n) is 6.29. The van der Waals surface area contributed by atoms with E-state index in [0.29, 0.717) is 0 Å². The Kier molecular flexibility index (Phi) is 1.55. The monoisotopic (exact) mass is 163 g/mol. The molecule has 2 heteroatoms. The van der Waals surface area contributed by atoms with Crippen LogP contribution in [-0.4, -0.2) is 7.05 Å². The van der Waals surface area contributed by atoms with Gasteiger partial charge in [0.15, 0.2) is 0 Å². The molecule has 0 bridgehead atoms. The van der Waals surface area contributed by atoms with Crippen LogP contribution in [0.15, 0.2) is 29.6 Å². The van der Waals surface area contributed by atoms with Gasteiger partial charge in [-0.15, -0.1) is 11.3 Å². The van der Waals surface area contributed by atoms with Crippen molar-refractivity contribution >= 4 is 27.1 Å². The summed E-state index contributed by atoms with van der Waals surface area (Å²) in [6.07, 6.45) is 0. The third-order valence-electron chi connectivity index (χ3n) is 1.77. The normalized spacial score (nSPS) is 10.3. The molecule has 0 unspecified atom stereocenters. The minimum absolute atomic E-state index is 1.21. The van der Waals surface area contributed by atoms with Gasteiger partial charge >= 0.3 is 0 Å². The van der Waals surface area contributed by atoms with Gasteiger partial charge in [0.05, 0.1) is 0 Å². The fourth-order valence-electron chi connectivity index (χ4n) is 1.21. The van der Waals surface area contributed by atoms with Gasteiger partial charge in [-0.3, -0.25) is 0 Å². The summed E-state index contributed by atoms with van der Waals surface area (Å²) in [6.45, 7) is 0. The molecule has 1 nitrogen and oxygen atoms in total. The van der Waals surface area contributed by atoms with Crippen LogP contribution in [0.3, 0.4) is 0 Å². The summed E-state index contributed by atoms with van der Waals surface area (Å²) < 4.78 is 1.34. The topological polar surface area (TPSA) is 12.0 Å². The molecule has 0 amide bonds. The number of anilines is 1.